The third kappa shape index (κ3) is 9.28. The molecule has 1 N–H and O–H groups in total. The van der Waals surface area contributed by atoms with E-state index >= 15 is 0 Å². The zero-order valence-corrected chi connectivity index (χ0v) is 20.4. The highest BCUT2D eigenvalue weighted by Crippen LogP contribution is 2.52. The van der Waals surface area contributed by atoms with Crippen molar-refractivity contribution in [3.8, 4) is 0 Å². The summed E-state index contributed by atoms with van der Waals surface area (Å²) in [6, 6.07) is 0. The van der Waals surface area contributed by atoms with Crippen LogP contribution >= 0.6 is 0 Å². The standard InChI is InChI=1S/C27H50O3/c1-4-5-6-7-8-9-10-11-12-13-14-15-16-17-19-26(2,3)22-27(25(28)29)20-18-23-24(21-27)30-23/h23-24H,4-22H2,1-3H3,(H,28,29). The van der Waals surface area contributed by atoms with Gasteiger partial charge in [0.2, 0.25) is 0 Å². The molecule has 0 amide bonds. The summed E-state index contributed by atoms with van der Waals surface area (Å²) in [5, 5.41) is 9.93. The number of carbonyl (C=O) groups is 1. The molecule has 0 aromatic rings. The van der Waals surface area contributed by atoms with Crippen molar-refractivity contribution in [3.63, 3.8) is 0 Å². The molecule has 2 aliphatic rings. The molecule has 2 fully saturated rings. The zero-order valence-electron chi connectivity index (χ0n) is 20.4. The Morgan fingerprint density at radius 1 is 0.867 bits per heavy atom. The lowest BCUT2D eigenvalue weighted by Gasteiger charge is -2.38. The molecular formula is C27H50O3. The fourth-order valence-electron chi connectivity index (χ4n) is 5.75. The molecule has 0 aromatic carbocycles. The predicted molar refractivity (Wildman–Crippen MR) is 126 cm³/mol. The van der Waals surface area contributed by atoms with Gasteiger partial charge in [0.25, 0.3) is 0 Å². The summed E-state index contributed by atoms with van der Waals surface area (Å²) < 4.78 is 5.62. The summed E-state index contributed by atoms with van der Waals surface area (Å²) in [6.07, 6.45) is 24.4. The van der Waals surface area contributed by atoms with E-state index in [0.29, 0.717) is 6.10 Å². The first kappa shape index (κ1) is 25.7. The van der Waals surface area contributed by atoms with Gasteiger partial charge >= 0.3 is 5.97 Å². The first-order valence-electron chi connectivity index (χ1n) is 13.3. The highest BCUT2D eigenvalue weighted by molar-refractivity contribution is 5.75. The van der Waals surface area contributed by atoms with E-state index in [4.69, 9.17) is 4.74 Å². The maximum Gasteiger partial charge on any atom is 0.309 e. The molecule has 30 heavy (non-hydrogen) atoms. The molecule has 3 heteroatoms. The van der Waals surface area contributed by atoms with Crippen LogP contribution in [0, 0.1) is 10.8 Å². The molecule has 3 atom stereocenters. The van der Waals surface area contributed by atoms with Crippen molar-refractivity contribution >= 4 is 5.97 Å². The Kier molecular flexibility index (Phi) is 11.2. The summed E-state index contributed by atoms with van der Waals surface area (Å²) in [7, 11) is 0. The van der Waals surface area contributed by atoms with E-state index in [-0.39, 0.29) is 11.5 Å². The fraction of sp³-hybridized carbons (Fsp3) is 0.963. The number of carboxylic acid groups (broad SMARTS) is 1. The second kappa shape index (κ2) is 13.1. The van der Waals surface area contributed by atoms with Crippen molar-refractivity contribution in [2.75, 3.05) is 0 Å². The van der Waals surface area contributed by atoms with Gasteiger partial charge in [0.05, 0.1) is 17.6 Å². The molecule has 0 aromatic heterocycles. The van der Waals surface area contributed by atoms with E-state index in [2.05, 4.69) is 20.8 Å². The molecule has 0 radical (unpaired) electrons. The van der Waals surface area contributed by atoms with Gasteiger partial charge in [-0.2, -0.15) is 0 Å². The average Bonchev–Trinajstić information content (AvgIpc) is 3.46. The maximum atomic E-state index is 12.1. The number of epoxide rings is 1. The van der Waals surface area contributed by atoms with Crippen molar-refractivity contribution in [2.45, 2.75) is 155 Å². The van der Waals surface area contributed by atoms with Crippen LogP contribution in [0.1, 0.15) is 143 Å². The van der Waals surface area contributed by atoms with E-state index in [0.717, 1.165) is 32.1 Å². The lowest BCUT2D eigenvalue weighted by atomic mass is 9.64. The van der Waals surface area contributed by atoms with Crippen molar-refractivity contribution in [1.29, 1.82) is 0 Å². The first-order chi connectivity index (χ1) is 14.4. The van der Waals surface area contributed by atoms with Gasteiger partial charge in [-0.15, -0.1) is 0 Å². The van der Waals surface area contributed by atoms with Crippen LogP contribution in [-0.2, 0) is 9.53 Å². The van der Waals surface area contributed by atoms with Gasteiger partial charge in [-0.1, -0.05) is 111 Å². The van der Waals surface area contributed by atoms with Crippen LogP contribution < -0.4 is 0 Å². The fourth-order valence-corrected chi connectivity index (χ4v) is 5.75. The minimum Gasteiger partial charge on any atom is -0.481 e. The number of ether oxygens (including phenoxy) is 1. The molecule has 176 valence electrons. The summed E-state index contributed by atoms with van der Waals surface area (Å²) in [6.45, 7) is 6.84. The lowest BCUT2D eigenvalue weighted by molar-refractivity contribution is -0.153. The summed E-state index contributed by atoms with van der Waals surface area (Å²) in [5.41, 5.74) is -0.436. The molecular weight excluding hydrogens is 372 g/mol. The number of carboxylic acids is 1. The monoisotopic (exact) mass is 422 g/mol. The van der Waals surface area contributed by atoms with Gasteiger partial charge in [-0.25, -0.2) is 0 Å². The van der Waals surface area contributed by atoms with Crippen LogP contribution in [0.25, 0.3) is 0 Å². The van der Waals surface area contributed by atoms with Crippen molar-refractivity contribution < 1.29 is 14.6 Å². The minimum absolute atomic E-state index is 0.108. The van der Waals surface area contributed by atoms with Crippen LogP contribution in [0.3, 0.4) is 0 Å². The van der Waals surface area contributed by atoms with Crippen LogP contribution in [-0.4, -0.2) is 23.3 Å². The second-order valence-corrected chi connectivity index (χ2v) is 11.2. The van der Waals surface area contributed by atoms with Gasteiger partial charge in [0.15, 0.2) is 0 Å². The summed E-state index contributed by atoms with van der Waals surface area (Å²) in [5.74, 6) is -0.592. The van der Waals surface area contributed by atoms with Gasteiger partial charge in [0.1, 0.15) is 0 Å². The highest BCUT2D eigenvalue weighted by Gasteiger charge is 2.55. The van der Waals surface area contributed by atoms with Crippen LogP contribution in [0.4, 0.5) is 0 Å². The van der Waals surface area contributed by atoms with Crippen molar-refractivity contribution in [3.05, 3.63) is 0 Å². The number of fused-ring (bicyclic) bond motifs is 1. The van der Waals surface area contributed by atoms with E-state index in [1.807, 2.05) is 0 Å². The number of aliphatic carboxylic acids is 1. The molecule has 1 aliphatic heterocycles. The Hall–Kier alpha value is -0.570. The van der Waals surface area contributed by atoms with E-state index in [1.54, 1.807) is 0 Å². The molecule has 1 heterocycles. The Morgan fingerprint density at radius 2 is 1.37 bits per heavy atom. The third-order valence-electron chi connectivity index (χ3n) is 7.66. The molecule has 3 nitrogen and oxygen atoms in total. The zero-order chi connectivity index (χ0) is 21.9. The van der Waals surface area contributed by atoms with Crippen molar-refractivity contribution in [2.24, 2.45) is 10.8 Å². The molecule has 1 saturated heterocycles. The van der Waals surface area contributed by atoms with E-state index in [9.17, 15) is 9.90 Å². The van der Waals surface area contributed by atoms with Gasteiger partial charge in [-0.05, 0) is 37.5 Å². The minimum atomic E-state index is -0.592. The third-order valence-corrected chi connectivity index (χ3v) is 7.66. The highest BCUT2D eigenvalue weighted by atomic mass is 16.6. The second-order valence-electron chi connectivity index (χ2n) is 11.2. The van der Waals surface area contributed by atoms with Gasteiger partial charge < -0.3 is 9.84 Å². The number of hydrogen-bond donors (Lipinski definition) is 1. The molecule has 0 bridgehead atoms. The molecule has 1 aliphatic carbocycles. The molecule has 3 unspecified atom stereocenters. The number of unbranched alkanes of at least 4 members (excludes halogenated alkanes) is 13. The van der Waals surface area contributed by atoms with E-state index in [1.165, 1.54) is 89.9 Å². The molecule has 1 saturated carbocycles. The SMILES string of the molecule is CCCCCCCCCCCCCCCCC(C)(C)CC1(C(=O)O)CCC2OC2C1. The van der Waals surface area contributed by atoms with Gasteiger partial charge in [0, 0.05) is 0 Å². The number of hydrogen-bond acceptors (Lipinski definition) is 2. The smallest absolute Gasteiger partial charge is 0.309 e. The Labute approximate surface area is 186 Å². The molecule has 0 spiro atoms. The molecule has 2 rings (SSSR count). The lowest BCUT2D eigenvalue weighted by Crippen LogP contribution is -2.40. The Balaban J connectivity index is 1.46. The topological polar surface area (TPSA) is 49.8 Å². The Bertz CT molecular complexity index is 486. The Morgan fingerprint density at radius 3 is 1.83 bits per heavy atom. The summed E-state index contributed by atoms with van der Waals surface area (Å²) in [4.78, 5) is 12.1. The van der Waals surface area contributed by atoms with Gasteiger partial charge in [-0.3, -0.25) is 4.79 Å². The summed E-state index contributed by atoms with van der Waals surface area (Å²) >= 11 is 0. The number of rotatable bonds is 18. The largest absolute Gasteiger partial charge is 0.481 e. The normalized spacial score (nSPS) is 25.8. The average molecular weight is 423 g/mol. The van der Waals surface area contributed by atoms with Crippen LogP contribution in [0.2, 0.25) is 0 Å². The van der Waals surface area contributed by atoms with E-state index < -0.39 is 11.4 Å². The van der Waals surface area contributed by atoms with Crippen LogP contribution in [0.5, 0.6) is 0 Å². The quantitative estimate of drug-likeness (QED) is 0.178. The first-order valence-corrected chi connectivity index (χ1v) is 13.3. The predicted octanol–water partition coefficient (Wildman–Crippen LogP) is 8.30. The van der Waals surface area contributed by atoms with Crippen molar-refractivity contribution in [1.82, 2.24) is 0 Å². The maximum absolute atomic E-state index is 12.1. The van der Waals surface area contributed by atoms with Crippen LogP contribution in [0.15, 0.2) is 0 Å².